The molecule has 17 heavy (non-hydrogen) atoms. The first-order valence-electron chi connectivity index (χ1n) is 4.52. The van der Waals surface area contributed by atoms with Gasteiger partial charge in [0.05, 0.1) is 10.0 Å². The van der Waals surface area contributed by atoms with Crippen molar-refractivity contribution in [1.82, 2.24) is 0 Å². The van der Waals surface area contributed by atoms with Crippen molar-refractivity contribution in [3.8, 4) is 5.75 Å². The minimum absolute atomic E-state index is 0.103. The summed E-state index contributed by atoms with van der Waals surface area (Å²) in [5, 5.41) is 17.7. The molecule has 2 N–H and O–H groups in total. The van der Waals surface area contributed by atoms with Crippen LogP contribution in [-0.2, 0) is 17.4 Å². The lowest BCUT2D eigenvalue weighted by atomic mass is 10.0. The summed E-state index contributed by atoms with van der Waals surface area (Å²) in [5.41, 5.74) is -1.18. The van der Waals surface area contributed by atoms with Gasteiger partial charge in [-0.1, -0.05) is 0 Å². The standard InChI is InChI=1S/C10H8BrF3O3/c11-7-3-5(1-2-9(16)17)6(4-8(7)15)10(12,13)14/h3-4,15H,1-2H2,(H,16,17). The number of aromatic hydroxyl groups is 1. The molecular formula is C10H8BrF3O3. The normalized spacial score (nSPS) is 11.5. The van der Waals surface area contributed by atoms with Crippen LogP contribution >= 0.6 is 15.9 Å². The van der Waals surface area contributed by atoms with Crippen molar-refractivity contribution in [2.24, 2.45) is 0 Å². The highest BCUT2D eigenvalue weighted by atomic mass is 79.9. The third-order valence-corrected chi connectivity index (χ3v) is 2.72. The third kappa shape index (κ3) is 3.62. The van der Waals surface area contributed by atoms with E-state index in [1.165, 1.54) is 0 Å². The van der Waals surface area contributed by atoms with E-state index in [-0.39, 0.29) is 16.5 Å². The average molecular weight is 313 g/mol. The Hall–Kier alpha value is -1.24. The molecule has 0 bridgehead atoms. The minimum Gasteiger partial charge on any atom is -0.507 e. The van der Waals surface area contributed by atoms with Gasteiger partial charge in [0.25, 0.3) is 0 Å². The van der Waals surface area contributed by atoms with E-state index in [1.807, 2.05) is 0 Å². The molecule has 0 saturated carbocycles. The highest BCUT2D eigenvalue weighted by Gasteiger charge is 2.34. The zero-order valence-corrected chi connectivity index (χ0v) is 9.97. The van der Waals surface area contributed by atoms with Crippen LogP contribution in [-0.4, -0.2) is 16.2 Å². The van der Waals surface area contributed by atoms with Gasteiger partial charge in [0.15, 0.2) is 0 Å². The lowest BCUT2D eigenvalue weighted by Crippen LogP contribution is -2.10. The summed E-state index contributed by atoms with van der Waals surface area (Å²) in [6, 6.07) is 1.67. The van der Waals surface area contributed by atoms with Crippen molar-refractivity contribution in [1.29, 1.82) is 0 Å². The number of alkyl halides is 3. The predicted octanol–water partition coefficient (Wildman–Crippen LogP) is 3.19. The van der Waals surface area contributed by atoms with Gasteiger partial charge in [0, 0.05) is 6.42 Å². The number of phenolic OH excluding ortho intramolecular Hbond substituents is 1. The maximum atomic E-state index is 12.6. The van der Waals surface area contributed by atoms with Crippen molar-refractivity contribution >= 4 is 21.9 Å². The van der Waals surface area contributed by atoms with Crippen LogP contribution in [0.15, 0.2) is 16.6 Å². The van der Waals surface area contributed by atoms with Gasteiger partial charge >= 0.3 is 12.1 Å². The van der Waals surface area contributed by atoms with E-state index in [9.17, 15) is 23.1 Å². The second-order valence-corrected chi connectivity index (χ2v) is 4.21. The van der Waals surface area contributed by atoms with Gasteiger partial charge in [-0.15, -0.1) is 0 Å². The molecular weight excluding hydrogens is 305 g/mol. The summed E-state index contributed by atoms with van der Waals surface area (Å²) in [6.45, 7) is 0. The molecule has 0 radical (unpaired) electrons. The molecule has 0 aliphatic carbocycles. The predicted molar refractivity (Wildman–Crippen MR) is 56.8 cm³/mol. The van der Waals surface area contributed by atoms with E-state index in [0.29, 0.717) is 6.07 Å². The Bertz CT molecular complexity index is 443. The van der Waals surface area contributed by atoms with E-state index >= 15 is 0 Å². The van der Waals surface area contributed by atoms with Crippen LogP contribution in [0.2, 0.25) is 0 Å². The van der Waals surface area contributed by atoms with E-state index in [4.69, 9.17) is 5.11 Å². The molecule has 0 aliphatic heterocycles. The molecule has 0 heterocycles. The number of carboxylic acids is 1. The zero-order chi connectivity index (χ0) is 13.2. The lowest BCUT2D eigenvalue weighted by molar-refractivity contribution is -0.140. The van der Waals surface area contributed by atoms with Gasteiger partial charge in [0.2, 0.25) is 0 Å². The number of benzene rings is 1. The molecule has 1 rings (SSSR count). The fraction of sp³-hybridized carbons (Fsp3) is 0.300. The van der Waals surface area contributed by atoms with Crippen molar-refractivity contribution in [2.75, 3.05) is 0 Å². The number of carbonyl (C=O) groups is 1. The molecule has 1 aromatic carbocycles. The maximum absolute atomic E-state index is 12.6. The molecule has 0 atom stereocenters. The van der Waals surface area contributed by atoms with Gasteiger partial charge in [-0.25, -0.2) is 0 Å². The average Bonchev–Trinajstić information content (AvgIpc) is 2.17. The van der Waals surface area contributed by atoms with E-state index in [2.05, 4.69) is 15.9 Å². The summed E-state index contributed by atoms with van der Waals surface area (Å²) in [7, 11) is 0. The highest BCUT2D eigenvalue weighted by Crippen LogP contribution is 2.37. The first-order chi connectivity index (χ1) is 7.71. The first kappa shape index (κ1) is 13.8. The molecule has 3 nitrogen and oxygen atoms in total. The second kappa shape index (κ2) is 4.95. The molecule has 7 heteroatoms. The molecule has 0 amide bonds. The molecule has 0 saturated heterocycles. The summed E-state index contributed by atoms with van der Waals surface area (Å²) in [6.07, 6.45) is -5.27. The number of phenols is 1. The zero-order valence-electron chi connectivity index (χ0n) is 8.38. The van der Waals surface area contributed by atoms with Gasteiger partial charge in [0.1, 0.15) is 5.75 Å². The Balaban J connectivity index is 3.17. The Labute approximate surface area is 103 Å². The van der Waals surface area contributed by atoms with Crippen LogP contribution in [0.5, 0.6) is 5.75 Å². The highest BCUT2D eigenvalue weighted by molar-refractivity contribution is 9.10. The van der Waals surface area contributed by atoms with Crippen molar-refractivity contribution in [2.45, 2.75) is 19.0 Å². The summed E-state index contributed by atoms with van der Waals surface area (Å²) in [5.74, 6) is -1.71. The number of aryl methyl sites for hydroxylation is 1. The number of aliphatic carboxylic acids is 1. The van der Waals surface area contributed by atoms with Gasteiger partial charge in [-0.05, 0) is 40.0 Å². The maximum Gasteiger partial charge on any atom is 0.416 e. The molecule has 94 valence electrons. The summed E-state index contributed by atoms with van der Waals surface area (Å²) < 4.78 is 37.9. The number of halogens is 4. The molecule has 0 aliphatic rings. The van der Waals surface area contributed by atoms with Crippen LogP contribution in [0.1, 0.15) is 17.5 Å². The SMILES string of the molecule is O=C(O)CCc1cc(Br)c(O)cc1C(F)(F)F. The molecule has 0 aromatic heterocycles. The van der Waals surface area contributed by atoms with Gasteiger partial charge < -0.3 is 10.2 Å². The Morgan fingerprint density at radius 2 is 1.94 bits per heavy atom. The Morgan fingerprint density at radius 1 is 1.35 bits per heavy atom. The van der Waals surface area contributed by atoms with Crippen LogP contribution in [0, 0.1) is 0 Å². The van der Waals surface area contributed by atoms with E-state index < -0.39 is 29.9 Å². The quantitative estimate of drug-likeness (QED) is 0.901. The van der Waals surface area contributed by atoms with Crippen molar-refractivity contribution in [3.63, 3.8) is 0 Å². The third-order valence-electron chi connectivity index (χ3n) is 2.09. The largest absolute Gasteiger partial charge is 0.507 e. The van der Waals surface area contributed by atoms with Gasteiger partial charge in [-0.3, -0.25) is 4.79 Å². The second-order valence-electron chi connectivity index (χ2n) is 3.35. The molecule has 0 fully saturated rings. The van der Waals surface area contributed by atoms with E-state index in [0.717, 1.165) is 6.07 Å². The van der Waals surface area contributed by atoms with Crippen LogP contribution < -0.4 is 0 Å². The lowest BCUT2D eigenvalue weighted by Gasteiger charge is -2.13. The Kier molecular flexibility index (Phi) is 4.03. The molecule has 1 aromatic rings. The van der Waals surface area contributed by atoms with Crippen molar-refractivity contribution in [3.05, 3.63) is 27.7 Å². The minimum atomic E-state index is -4.62. The summed E-state index contributed by atoms with van der Waals surface area (Å²) in [4.78, 5) is 10.3. The topological polar surface area (TPSA) is 57.5 Å². The van der Waals surface area contributed by atoms with Crippen molar-refractivity contribution < 1.29 is 28.2 Å². The monoisotopic (exact) mass is 312 g/mol. The number of rotatable bonds is 3. The Morgan fingerprint density at radius 3 is 2.41 bits per heavy atom. The first-order valence-corrected chi connectivity index (χ1v) is 5.31. The number of hydrogen-bond acceptors (Lipinski definition) is 2. The number of hydrogen-bond donors (Lipinski definition) is 2. The van der Waals surface area contributed by atoms with Crippen LogP contribution in [0.3, 0.4) is 0 Å². The number of carboxylic acid groups (broad SMARTS) is 1. The fourth-order valence-electron chi connectivity index (χ4n) is 1.32. The van der Waals surface area contributed by atoms with E-state index in [1.54, 1.807) is 0 Å². The fourth-order valence-corrected chi connectivity index (χ4v) is 1.71. The van der Waals surface area contributed by atoms with Gasteiger partial charge in [-0.2, -0.15) is 13.2 Å². The van der Waals surface area contributed by atoms with Crippen LogP contribution in [0.25, 0.3) is 0 Å². The van der Waals surface area contributed by atoms with Crippen LogP contribution in [0.4, 0.5) is 13.2 Å². The molecule has 0 spiro atoms. The summed E-state index contributed by atoms with van der Waals surface area (Å²) >= 11 is 2.89. The smallest absolute Gasteiger partial charge is 0.416 e. The molecule has 0 unspecified atom stereocenters.